The van der Waals surface area contributed by atoms with Crippen molar-refractivity contribution < 1.29 is 4.39 Å². The molecule has 0 radical (unpaired) electrons. The van der Waals surface area contributed by atoms with Crippen LogP contribution in [-0.4, -0.2) is 13.1 Å². The second-order valence-electron chi connectivity index (χ2n) is 4.89. The highest BCUT2D eigenvalue weighted by molar-refractivity contribution is 9.10. The first kappa shape index (κ1) is 13.0. The van der Waals surface area contributed by atoms with E-state index in [0.717, 1.165) is 12.3 Å². The van der Waals surface area contributed by atoms with Crippen LogP contribution in [0, 0.1) is 11.7 Å². The molecule has 0 aromatic heterocycles. The van der Waals surface area contributed by atoms with Crippen LogP contribution in [0.1, 0.15) is 31.2 Å². The van der Waals surface area contributed by atoms with Gasteiger partial charge in [0.1, 0.15) is 5.82 Å². The number of hydrogen-bond acceptors (Lipinski definition) is 1. The Labute approximate surface area is 111 Å². The average molecular weight is 300 g/mol. The van der Waals surface area contributed by atoms with Crippen molar-refractivity contribution in [1.82, 2.24) is 5.32 Å². The predicted molar refractivity (Wildman–Crippen MR) is 72.6 cm³/mol. The maximum absolute atomic E-state index is 13.2. The summed E-state index contributed by atoms with van der Waals surface area (Å²) in [4.78, 5) is 0. The van der Waals surface area contributed by atoms with Crippen molar-refractivity contribution >= 4 is 15.9 Å². The molecule has 1 aliphatic rings. The van der Waals surface area contributed by atoms with E-state index in [1.54, 1.807) is 6.07 Å². The molecule has 3 heteroatoms. The van der Waals surface area contributed by atoms with Gasteiger partial charge in [-0.25, -0.2) is 4.39 Å². The Morgan fingerprint density at radius 3 is 2.71 bits per heavy atom. The standard InChI is InChI=1S/C14H19BrFN/c1-17-14(11-4-2-3-5-11)9-10-6-7-13(16)12(15)8-10/h6-8,11,14,17H,2-5,9H2,1H3. The molecule has 1 aromatic rings. The maximum atomic E-state index is 13.2. The number of rotatable bonds is 4. The van der Waals surface area contributed by atoms with E-state index in [1.165, 1.54) is 31.2 Å². The lowest BCUT2D eigenvalue weighted by atomic mass is 9.92. The van der Waals surface area contributed by atoms with Crippen LogP contribution < -0.4 is 5.32 Å². The second kappa shape index (κ2) is 5.96. The normalized spacial score (nSPS) is 18.5. The summed E-state index contributed by atoms with van der Waals surface area (Å²) in [5.41, 5.74) is 1.20. The third-order valence-corrected chi connectivity index (χ3v) is 4.39. The first-order chi connectivity index (χ1) is 8.20. The molecule has 0 aliphatic heterocycles. The number of halogens is 2. The van der Waals surface area contributed by atoms with Gasteiger partial charge in [0.25, 0.3) is 0 Å². The topological polar surface area (TPSA) is 12.0 Å². The molecule has 0 heterocycles. The SMILES string of the molecule is CNC(Cc1ccc(F)c(Br)c1)C1CCCC1. The highest BCUT2D eigenvalue weighted by atomic mass is 79.9. The highest BCUT2D eigenvalue weighted by Gasteiger charge is 2.23. The summed E-state index contributed by atoms with van der Waals surface area (Å²) in [6, 6.07) is 5.85. The van der Waals surface area contributed by atoms with Crippen LogP contribution in [0.25, 0.3) is 0 Å². The number of benzene rings is 1. The third kappa shape index (κ3) is 3.29. The molecular weight excluding hydrogens is 281 g/mol. The van der Waals surface area contributed by atoms with Gasteiger partial charge < -0.3 is 5.32 Å². The van der Waals surface area contributed by atoms with Crippen molar-refractivity contribution in [2.45, 2.75) is 38.1 Å². The van der Waals surface area contributed by atoms with Crippen molar-refractivity contribution in [3.8, 4) is 0 Å². The molecular formula is C14H19BrFN. The Balaban J connectivity index is 2.04. The highest BCUT2D eigenvalue weighted by Crippen LogP contribution is 2.29. The fraction of sp³-hybridized carbons (Fsp3) is 0.571. The van der Waals surface area contributed by atoms with E-state index in [9.17, 15) is 4.39 Å². The molecule has 1 N–H and O–H groups in total. The molecule has 1 saturated carbocycles. The minimum atomic E-state index is -0.185. The molecule has 1 aliphatic carbocycles. The number of hydrogen-bond donors (Lipinski definition) is 1. The fourth-order valence-corrected chi connectivity index (χ4v) is 3.21. The lowest BCUT2D eigenvalue weighted by Crippen LogP contribution is -2.34. The van der Waals surface area contributed by atoms with Gasteiger partial charge in [-0.15, -0.1) is 0 Å². The van der Waals surface area contributed by atoms with Crippen LogP contribution in [0.5, 0.6) is 0 Å². The summed E-state index contributed by atoms with van der Waals surface area (Å²) < 4.78 is 13.7. The Morgan fingerprint density at radius 2 is 2.12 bits per heavy atom. The zero-order valence-electron chi connectivity index (χ0n) is 10.2. The van der Waals surface area contributed by atoms with Gasteiger partial charge in [0.15, 0.2) is 0 Å². The Morgan fingerprint density at radius 1 is 1.41 bits per heavy atom. The lowest BCUT2D eigenvalue weighted by molar-refractivity contribution is 0.377. The summed E-state index contributed by atoms with van der Waals surface area (Å²) in [7, 11) is 2.03. The summed E-state index contributed by atoms with van der Waals surface area (Å²) in [5, 5.41) is 3.42. The molecule has 17 heavy (non-hydrogen) atoms. The second-order valence-corrected chi connectivity index (χ2v) is 5.75. The van der Waals surface area contributed by atoms with E-state index >= 15 is 0 Å². The van der Waals surface area contributed by atoms with E-state index in [2.05, 4.69) is 21.2 Å². The maximum Gasteiger partial charge on any atom is 0.137 e. The minimum absolute atomic E-state index is 0.185. The number of nitrogens with one attached hydrogen (secondary N) is 1. The van der Waals surface area contributed by atoms with Gasteiger partial charge in [-0.1, -0.05) is 18.9 Å². The minimum Gasteiger partial charge on any atom is -0.316 e. The molecule has 1 aromatic carbocycles. The van der Waals surface area contributed by atoms with Gasteiger partial charge in [-0.2, -0.15) is 0 Å². The summed E-state index contributed by atoms with van der Waals surface area (Å²) in [6.07, 6.45) is 6.35. The Kier molecular flexibility index (Phi) is 4.57. The zero-order chi connectivity index (χ0) is 12.3. The molecule has 1 fully saturated rings. The van der Waals surface area contributed by atoms with Crippen LogP contribution in [0.3, 0.4) is 0 Å². The molecule has 0 spiro atoms. The Hall–Kier alpha value is -0.410. The molecule has 1 nitrogen and oxygen atoms in total. The van der Waals surface area contributed by atoms with E-state index in [1.807, 2.05) is 19.2 Å². The molecule has 1 atom stereocenters. The van der Waals surface area contributed by atoms with E-state index in [4.69, 9.17) is 0 Å². The van der Waals surface area contributed by atoms with Gasteiger partial charge in [-0.3, -0.25) is 0 Å². The largest absolute Gasteiger partial charge is 0.316 e. The van der Waals surface area contributed by atoms with Crippen LogP contribution in [0.2, 0.25) is 0 Å². The fourth-order valence-electron chi connectivity index (χ4n) is 2.78. The van der Waals surface area contributed by atoms with Gasteiger partial charge in [-0.05, 0) is 65.9 Å². The summed E-state index contributed by atoms with van der Waals surface area (Å²) >= 11 is 3.25. The first-order valence-electron chi connectivity index (χ1n) is 6.32. The lowest BCUT2D eigenvalue weighted by Gasteiger charge is -2.23. The van der Waals surface area contributed by atoms with Crippen LogP contribution in [-0.2, 0) is 6.42 Å². The van der Waals surface area contributed by atoms with Crippen molar-refractivity contribution in [2.75, 3.05) is 7.05 Å². The monoisotopic (exact) mass is 299 g/mol. The number of likely N-dealkylation sites (N-methyl/N-ethyl adjacent to an activating group) is 1. The molecule has 0 bridgehead atoms. The quantitative estimate of drug-likeness (QED) is 0.889. The zero-order valence-corrected chi connectivity index (χ0v) is 11.8. The average Bonchev–Trinajstić information content (AvgIpc) is 2.84. The van der Waals surface area contributed by atoms with Gasteiger partial charge in [0, 0.05) is 6.04 Å². The smallest absolute Gasteiger partial charge is 0.137 e. The van der Waals surface area contributed by atoms with Crippen molar-refractivity contribution in [2.24, 2.45) is 5.92 Å². The van der Waals surface area contributed by atoms with Gasteiger partial charge in [0.05, 0.1) is 4.47 Å². The van der Waals surface area contributed by atoms with Crippen LogP contribution >= 0.6 is 15.9 Å². The third-order valence-electron chi connectivity index (χ3n) is 3.78. The summed E-state index contributed by atoms with van der Waals surface area (Å²) in [5.74, 6) is 0.597. The molecule has 0 amide bonds. The van der Waals surface area contributed by atoms with Gasteiger partial charge >= 0.3 is 0 Å². The van der Waals surface area contributed by atoms with E-state index < -0.39 is 0 Å². The van der Waals surface area contributed by atoms with Crippen molar-refractivity contribution in [3.63, 3.8) is 0 Å². The van der Waals surface area contributed by atoms with Crippen molar-refractivity contribution in [1.29, 1.82) is 0 Å². The van der Waals surface area contributed by atoms with Crippen LogP contribution in [0.4, 0.5) is 4.39 Å². The molecule has 2 rings (SSSR count). The predicted octanol–water partition coefficient (Wildman–Crippen LogP) is 3.91. The van der Waals surface area contributed by atoms with Crippen molar-refractivity contribution in [3.05, 3.63) is 34.1 Å². The van der Waals surface area contributed by atoms with Gasteiger partial charge in [0.2, 0.25) is 0 Å². The molecule has 94 valence electrons. The van der Waals surface area contributed by atoms with E-state index in [0.29, 0.717) is 10.5 Å². The molecule has 1 unspecified atom stereocenters. The molecule has 0 saturated heterocycles. The van der Waals surface area contributed by atoms with Crippen LogP contribution in [0.15, 0.2) is 22.7 Å². The summed E-state index contributed by atoms with van der Waals surface area (Å²) in [6.45, 7) is 0. The Bertz CT molecular complexity index is 374. The van der Waals surface area contributed by atoms with E-state index in [-0.39, 0.29) is 5.82 Å². The first-order valence-corrected chi connectivity index (χ1v) is 7.11.